The molecule has 102 valence electrons. The van der Waals surface area contributed by atoms with E-state index >= 15 is 0 Å². The van der Waals surface area contributed by atoms with Crippen LogP contribution in [-0.4, -0.2) is 42.7 Å². The summed E-state index contributed by atoms with van der Waals surface area (Å²) < 4.78 is 10.7. The Morgan fingerprint density at radius 1 is 1.22 bits per heavy atom. The van der Waals surface area contributed by atoms with Gasteiger partial charge in [-0.1, -0.05) is 18.2 Å². The van der Waals surface area contributed by atoms with Crippen LogP contribution in [0, 0.1) is 0 Å². The van der Waals surface area contributed by atoms with Crippen LogP contribution < -0.4 is 10.5 Å². The molecule has 4 N–H and O–H groups in total. The van der Waals surface area contributed by atoms with Gasteiger partial charge in [-0.25, -0.2) is 0 Å². The highest BCUT2D eigenvalue weighted by molar-refractivity contribution is 5.32. The van der Waals surface area contributed by atoms with E-state index in [1.54, 1.807) is 0 Å². The molecule has 1 atom stereocenters. The van der Waals surface area contributed by atoms with Crippen LogP contribution in [0.2, 0.25) is 0 Å². The van der Waals surface area contributed by atoms with Gasteiger partial charge < -0.3 is 25.4 Å². The van der Waals surface area contributed by atoms with Gasteiger partial charge in [-0.2, -0.15) is 0 Å². The van der Waals surface area contributed by atoms with Gasteiger partial charge in [0.25, 0.3) is 0 Å². The van der Waals surface area contributed by atoms with Crippen molar-refractivity contribution < 1.29 is 19.7 Å². The molecule has 0 spiro atoms. The van der Waals surface area contributed by atoms with E-state index in [0.717, 1.165) is 5.56 Å². The molecule has 0 heterocycles. The minimum absolute atomic E-state index is 0.0937. The first-order valence-electron chi connectivity index (χ1n) is 6.05. The second-order valence-electron chi connectivity index (χ2n) is 3.93. The van der Waals surface area contributed by atoms with Gasteiger partial charge in [-0.05, 0) is 12.5 Å². The van der Waals surface area contributed by atoms with Gasteiger partial charge in [-0.15, -0.1) is 0 Å². The van der Waals surface area contributed by atoms with E-state index in [2.05, 4.69) is 0 Å². The van der Waals surface area contributed by atoms with E-state index in [4.69, 9.17) is 20.3 Å². The number of aliphatic hydroxyl groups excluding tert-OH is 2. The topological polar surface area (TPSA) is 84.9 Å². The maximum Gasteiger partial charge on any atom is 0.123 e. The summed E-state index contributed by atoms with van der Waals surface area (Å²) in [6, 6.07) is 7.46. The minimum atomic E-state index is -0.686. The minimum Gasteiger partial charge on any atom is -0.490 e. The number of para-hydroxylation sites is 1. The lowest BCUT2D eigenvalue weighted by Gasteiger charge is -2.14. The first kappa shape index (κ1) is 14.9. The van der Waals surface area contributed by atoms with E-state index in [0.29, 0.717) is 25.3 Å². The molecule has 0 aliphatic heterocycles. The fraction of sp³-hybridized carbons (Fsp3) is 0.538. The van der Waals surface area contributed by atoms with Gasteiger partial charge >= 0.3 is 0 Å². The van der Waals surface area contributed by atoms with Crippen LogP contribution in [0.4, 0.5) is 0 Å². The molecule has 5 nitrogen and oxygen atoms in total. The van der Waals surface area contributed by atoms with E-state index in [9.17, 15) is 5.11 Å². The molecule has 0 radical (unpaired) electrons. The van der Waals surface area contributed by atoms with Crippen molar-refractivity contribution in [2.24, 2.45) is 5.73 Å². The highest BCUT2D eigenvalue weighted by Crippen LogP contribution is 2.17. The number of aliphatic hydroxyl groups is 2. The largest absolute Gasteiger partial charge is 0.490 e. The van der Waals surface area contributed by atoms with E-state index < -0.39 is 6.10 Å². The third-order valence-corrected chi connectivity index (χ3v) is 2.38. The number of benzene rings is 1. The van der Waals surface area contributed by atoms with Crippen molar-refractivity contribution in [3.63, 3.8) is 0 Å². The monoisotopic (exact) mass is 255 g/mol. The van der Waals surface area contributed by atoms with Gasteiger partial charge in [0, 0.05) is 25.3 Å². The number of nitrogens with two attached hydrogens (primary N) is 1. The average Bonchev–Trinajstić information content (AvgIpc) is 2.41. The summed E-state index contributed by atoms with van der Waals surface area (Å²) in [6.45, 7) is 1.30. The Bertz CT molecular complexity index is 333. The summed E-state index contributed by atoms with van der Waals surface area (Å²) in [6.07, 6.45) is -0.113. The zero-order valence-corrected chi connectivity index (χ0v) is 10.4. The summed E-state index contributed by atoms with van der Waals surface area (Å²) in [5, 5.41) is 18.2. The van der Waals surface area contributed by atoms with Gasteiger partial charge in [-0.3, -0.25) is 0 Å². The third kappa shape index (κ3) is 5.46. The lowest BCUT2D eigenvalue weighted by atomic mass is 10.2. The van der Waals surface area contributed by atoms with Crippen LogP contribution in [0.5, 0.6) is 5.75 Å². The smallest absolute Gasteiger partial charge is 0.123 e. The Kier molecular flexibility index (Phi) is 7.36. The Morgan fingerprint density at radius 3 is 2.72 bits per heavy atom. The lowest BCUT2D eigenvalue weighted by molar-refractivity contribution is 0.00827. The molecule has 0 aromatic heterocycles. The van der Waals surface area contributed by atoms with Crippen molar-refractivity contribution >= 4 is 0 Å². The first-order valence-corrected chi connectivity index (χ1v) is 6.05. The number of hydrogen-bond donors (Lipinski definition) is 3. The first-order chi connectivity index (χ1) is 8.77. The predicted molar refractivity (Wildman–Crippen MR) is 68.4 cm³/mol. The average molecular weight is 255 g/mol. The SMILES string of the molecule is NCc1ccccc1OCC(O)COCCCO. The van der Waals surface area contributed by atoms with Gasteiger partial charge in [0.15, 0.2) is 0 Å². The molecule has 1 unspecified atom stereocenters. The highest BCUT2D eigenvalue weighted by atomic mass is 16.5. The summed E-state index contributed by atoms with van der Waals surface area (Å²) in [5.41, 5.74) is 6.49. The van der Waals surface area contributed by atoms with Gasteiger partial charge in [0.05, 0.1) is 6.61 Å². The van der Waals surface area contributed by atoms with Crippen LogP contribution in [0.15, 0.2) is 24.3 Å². The molecule has 0 amide bonds. The second kappa shape index (κ2) is 8.88. The summed E-state index contributed by atoms with van der Waals surface area (Å²) in [7, 11) is 0. The molecular weight excluding hydrogens is 234 g/mol. The molecule has 1 aromatic rings. The Balaban J connectivity index is 2.26. The Labute approximate surface area is 107 Å². The maximum atomic E-state index is 9.63. The molecule has 1 rings (SSSR count). The van der Waals surface area contributed by atoms with Crippen LogP contribution in [-0.2, 0) is 11.3 Å². The Morgan fingerprint density at radius 2 is 2.00 bits per heavy atom. The fourth-order valence-corrected chi connectivity index (χ4v) is 1.43. The van der Waals surface area contributed by atoms with Crippen molar-refractivity contribution in [3.05, 3.63) is 29.8 Å². The van der Waals surface area contributed by atoms with Crippen LogP contribution in [0.1, 0.15) is 12.0 Å². The van der Waals surface area contributed by atoms with Crippen molar-refractivity contribution in [1.82, 2.24) is 0 Å². The third-order valence-electron chi connectivity index (χ3n) is 2.38. The molecule has 0 saturated heterocycles. The number of hydrogen-bond acceptors (Lipinski definition) is 5. The molecular formula is C13H21NO4. The fourth-order valence-electron chi connectivity index (χ4n) is 1.43. The quantitative estimate of drug-likeness (QED) is 0.552. The van der Waals surface area contributed by atoms with Crippen molar-refractivity contribution in [2.75, 3.05) is 26.4 Å². The second-order valence-corrected chi connectivity index (χ2v) is 3.93. The Hall–Kier alpha value is -1.14. The zero-order chi connectivity index (χ0) is 13.2. The summed E-state index contributed by atoms with van der Waals surface area (Å²) >= 11 is 0. The summed E-state index contributed by atoms with van der Waals surface area (Å²) in [4.78, 5) is 0. The van der Waals surface area contributed by atoms with Gasteiger partial charge in [0.2, 0.25) is 0 Å². The highest BCUT2D eigenvalue weighted by Gasteiger charge is 2.07. The molecule has 0 aliphatic carbocycles. The number of ether oxygens (including phenoxy) is 2. The van der Waals surface area contributed by atoms with E-state index in [-0.39, 0.29) is 19.8 Å². The normalized spacial score (nSPS) is 12.4. The van der Waals surface area contributed by atoms with Crippen LogP contribution in [0.25, 0.3) is 0 Å². The molecule has 0 saturated carbocycles. The van der Waals surface area contributed by atoms with Crippen molar-refractivity contribution in [3.8, 4) is 5.75 Å². The lowest BCUT2D eigenvalue weighted by Crippen LogP contribution is -2.24. The number of rotatable bonds is 9. The molecule has 1 aromatic carbocycles. The summed E-state index contributed by atoms with van der Waals surface area (Å²) in [5.74, 6) is 0.689. The van der Waals surface area contributed by atoms with E-state index in [1.807, 2.05) is 24.3 Å². The molecule has 0 fully saturated rings. The van der Waals surface area contributed by atoms with Crippen LogP contribution in [0.3, 0.4) is 0 Å². The zero-order valence-electron chi connectivity index (χ0n) is 10.4. The standard InChI is InChI=1S/C13H21NO4/c14-8-11-4-1-2-5-13(11)18-10-12(16)9-17-7-3-6-15/h1-2,4-5,12,15-16H,3,6-10,14H2. The molecule has 0 bridgehead atoms. The molecule has 0 aliphatic rings. The molecule has 18 heavy (non-hydrogen) atoms. The van der Waals surface area contributed by atoms with Gasteiger partial charge in [0.1, 0.15) is 18.5 Å². The molecule has 5 heteroatoms. The van der Waals surface area contributed by atoms with Crippen molar-refractivity contribution in [1.29, 1.82) is 0 Å². The predicted octanol–water partition coefficient (Wildman–Crippen LogP) is 0.284. The maximum absolute atomic E-state index is 9.63. The van der Waals surface area contributed by atoms with Crippen molar-refractivity contribution in [2.45, 2.75) is 19.1 Å². The van der Waals surface area contributed by atoms with Crippen LogP contribution >= 0.6 is 0 Å². The van der Waals surface area contributed by atoms with E-state index in [1.165, 1.54) is 0 Å².